The fraction of sp³-hybridized carbons (Fsp3) is 0.364. The zero-order valence-corrected chi connectivity index (χ0v) is 17.8. The molecule has 5 rings (SSSR count). The summed E-state index contributed by atoms with van der Waals surface area (Å²) in [4.78, 5) is 18.5. The first-order valence-electron chi connectivity index (χ1n) is 10.5. The van der Waals surface area contributed by atoms with E-state index < -0.39 is 0 Å². The summed E-state index contributed by atoms with van der Waals surface area (Å²) in [6, 6.07) is 9.95. The summed E-state index contributed by atoms with van der Waals surface area (Å²) < 4.78 is 7.41. The van der Waals surface area contributed by atoms with Crippen LogP contribution < -0.4 is 5.73 Å². The van der Waals surface area contributed by atoms with Gasteiger partial charge in [0, 0.05) is 50.4 Å². The van der Waals surface area contributed by atoms with E-state index in [1.54, 1.807) is 10.7 Å². The maximum absolute atomic E-state index is 6.00. The topological polar surface area (TPSA) is 102 Å². The highest BCUT2D eigenvalue weighted by molar-refractivity contribution is 5.59. The molecule has 0 aliphatic carbocycles. The normalized spacial score (nSPS) is 15.7. The average molecular weight is 419 g/mol. The third kappa shape index (κ3) is 4.14. The van der Waals surface area contributed by atoms with Crippen molar-refractivity contribution in [2.45, 2.75) is 19.9 Å². The Morgan fingerprint density at radius 1 is 1.00 bits per heavy atom. The van der Waals surface area contributed by atoms with Crippen LogP contribution in [-0.4, -0.2) is 67.6 Å². The molecule has 31 heavy (non-hydrogen) atoms. The molecule has 1 fully saturated rings. The van der Waals surface area contributed by atoms with Crippen molar-refractivity contribution in [3.05, 3.63) is 59.2 Å². The number of aryl methyl sites for hydroxylation is 1. The molecule has 1 saturated heterocycles. The summed E-state index contributed by atoms with van der Waals surface area (Å²) >= 11 is 0. The average Bonchev–Trinajstić information content (AvgIpc) is 3.36. The summed E-state index contributed by atoms with van der Waals surface area (Å²) in [6.45, 7) is 7.10. The van der Waals surface area contributed by atoms with Gasteiger partial charge in [-0.3, -0.25) is 9.88 Å². The number of piperazine rings is 1. The second kappa shape index (κ2) is 8.09. The molecule has 4 aromatic heterocycles. The Labute approximate surface area is 180 Å². The minimum atomic E-state index is 0.190. The van der Waals surface area contributed by atoms with Gasteiger partial charge in [-0.15, -0.1) is 0 Å². The second-order valence-corrected chi connectivity index (χ2v) is 8.10. The highest BCUT2D eigenvalue weighted by atomic mass is 16.3. The van der Waals surface area contributed by atoms with Crippen LogP contribution >= 0.6 is 0 Å². The van der Waals surface area contributed by atoms with Crippen molar-refractivity contribution in [3.63, 3.8) is 0 Å². The molecule has 5 heterocycles. The maximum atomic E-state index is 6.00. The number of furan rings is 1. The minimum absolute atomic E-state index is 0.190. The Balaban J connectivity index is 1.40. The van der Waals surface area contributed by atoms with Gasteiger partial charge in [-0.1, -0.05) is 6.07 Å². The van der Waals surface area contributed by atoms with Crippen LogP contribution in [0.5, 0.6) is 0 Å². The molecule has 2 N–H and O–H groups in total. The van der Waals surface area contributed by atoms with Gasteiger partial charge >= 0.3 is 0 Å². The van der Waals surface area contributed by atoms with Gasteiger partial charge in [-0.2, -0.15) is 19.6 Å². The number of fused-ring (bicyclic) bond motifs is 1. The Morgan fingerprint density at radius 3 is 2.58 bits per heavy atom. The number of aromatic nitrogens is 5. The first-order chi connectivity index (χ1) is 15.0. The fourth-order valence-corrected chi connectivity index (χ4v) is 3.92. The number of hydrogen-bond donors (Lipinski definition) is 1. The molecule has 0 aromatic carbocycles. The van der Waals surface area contributed by atoms with E-state index in [4.69, 9.17) is 15.1 Å². The molecule has 1 aliphatic heterocycles. The number of hydrogen-bond acceptors (Lipinski definition) is 8. The lowest BCUT2D eigenvalue weighted by molar-refractivity contribution is 0.147. The van der Waals surface area contributed by atoms with Crippen molar-refractivity contribution >= 4 is 11.6 Å². The van der Waals surface area contributed by atoms with Gasteiger partial charge in [0.15, 0.2) is 11.4 Å². The molecule has 0 unspecified atom stereocenters. The zero-order chi connectivity index (χ0) is 21.4. The number of likely N-dealkylation sites (N-methyl/N-ethyl adjacent to an activating group) is 1. The minimum Gasteiger partial charge on any atom is -0.458 e. The summed E-state index contributed by atoms with van der Waals surface area (Å²) in [5.41, 5.74) is 9.68. The van der Waals surface area contributed by atoms with E-state index in [0.29, 0.717) is 23.7 Å². The monoisotopic (exact) mass is 418 g/mol. The van der Waals surface area contributed by atoms with Crippen LogP contribution in [0.15, 0.2) is 40.9 Å². The molecule has 4 aromatic rings. The van der Waals surface area contributed by atoms with Crippen molar-refractivity contribution in [3.8, 4) is 11.6 Å². The third-order valence-electron chi connectivity index (χ3n) is 5.64. The molecule has 0 radical (unpaired) electrons. The Bertz CT molecular complexity index is 1210. The van der Waals surface area contributed by atoms with Gasteiger partial charge in [-0.05, 0) is 38.2 Å². The van der Waals surface area contributed by atoms with Crippen molar-refractivity contribution in [1.29, 1.82) is 0 Å². The van der Waals surface area contributed by atoms with Crippen LogP contribution in [0.1, 0.15) is 22.7 Å². The maximum Gasteiger partial charge on any atom is 0.224 e. The van der Waals surface area contributed by atoms with E-state index in [1.165, 1.54) is 0 Å². The largest absolute Gasteiger partial charge is 0.458 e. The lowest BCUT2D eigenvalue weighted by Gasteiger charge is -2.32. The summed E-state index contributed by atoms with van der Waals surface area (Å²) in [7, 11) is 2.17. The van der Waals surface area contributed by atoms with E-state index in [2.05, 4.69) is 44.0 Å². The molecule has 1 aliphatic rings. The summed E-state index contributed by atoms with van der Waals surface area (Å²) in [5.74, 6) is 2.14. The van der Waals surface area contributed by atoms with Crippen molar-refractivity contribution in [2.75, 3.05) is 39.0 Å². The van der Waals surface area contributed by atoms with Crippen LogP contribution in [-0.2, 0) is 13.0 Å². The zero-order valence-electron chi connectivity index (χ0n) is 17.8. The van der Waals surface area contributed by atoms with Gasteiger partial charge in [0.05, 0.1) is 11.9 Å². The number of nitrogens with two attached hydrogens (primary N) is 1. The Morgan fingerprint density at radius 2 is 1.81 bits per heavy atom. The van der Waals surface area contributed by atoms with E-state index in [-0.39, 0.29) is 5.95 Å². The van der Waals surface area contributed by atoms with Crippen molar-refractivity contribution < 1.29 is 4.42 Å². The molecule has 0 atom stereocenters. The molecular formula is C22H26N8O. The lowest BCUT2D eigenvalue weighted by atomic mass is 10.1. The van der Waals surface area contributed by atoms with Crippen LogP contribution in [0.25, 0.3) is 17.2 Å². The Kier molecular flexibility index (Phi) is 5.13. The van der Waals surface area contributed by atoms with Crippen molar-refractivity contribution in [2.24, 2.45) is 0 Å². The lowest BCUT2D eigenvalue weighted by Crippen LogP contribution is -2.44. The third-order valence-corrected chi connectivity index (χ3v) is 5.64. The smallest absolute Gasteiger partial charge is 0.224 e. The number of nitrogen functional groups attached to an aromatic ring is 1. The predicted molar refractivity (Wildman–Crippen MR) is 117 cm³/mol. The molecule has 0 spiro atoms. The van der Waals surface area contributed by atoms with E-state index in [0.717, 1.165) is 55.4 Å². The van der Waals surface area contributed by atoms with E-state index >= 15 is 0 Å². The van der Waals surface area contributed by atoms with Gasteiger partial charge in [0.1, 0.15) is 5.76 Å². The number of pyridine rings is 1. The molecule has 0 bridgehead atoms. The summed E-state index contributed by atoms with van der Waals surface area (Å²) in [5, 5.41) is 4.50. The van der Waals surface area contributed by atoms with E-state index in [1.807, 2.05) is 25.1 Å². The molecule has 160 valence electrons. The van der Waals surface area contributed by atoms with Gasteiger partial charge in [0.25, 0.3) is 0 Å². The molecule has 9 heteroatoms. The van der Waals surface area contributed by atoms with Crippen molar-refractivity contribution in [1.82, 2.24) is 34.4 Å². The predicted octanol–water partition coefficient (Wildman–Crippen LogP) is 2.01. The molecule has 9 nitrogen and oxygen atoms in total. The van der Waals surface area contributed by atoms with Gasteiger partial charge in [-0.25, -0.2) is 0 Å². The van der Waals surface area contributed by atoms with Crippen LogP contribution in [0.3, 0.4) is 0 Å². The van der Waals surface area contributed by atoms with Crippen LogP contribution in [0.4, 0.5) is 5.95 Å². The summed E-state index contributed by atoms with van der Waals surface area (Å²) in [6.07, 6.45) is 2.42. The van der Waals surface area contributed by atoms with E-state index in [9.17, 15) is 0 Å². The number of nitrogens with zero attached hydrogens (tertiary/aromatic N) is 7. The Hall–Kier alpha value is -3.30. The number of rotatable bonds is 5. The standard InChI is InChI=1S/C22H26N8O/c1-15-6-7-19(31-15)21-27-22(23)26-20-16(13-24-30(20)21)12-17-4-3-5-18(25-17)14-29-10-8-28(2)9-11-29/h3-7,13H,8-12,14H2,1-2H3,(H2,23,26). The van der Waals surface area contributed by atoms with Gasteiger partial charge < -0.3 is 15.1 Å². The van der Waals surface area contributed by atoms with Crippen LogP contribution in [0.2, 0.25) is 0 Å². The highest BCUT2D eigenvalue weighted by Crippen LogP contribution is 2.23. The first kappa shape index (κ1) is 19.7. The van der Waals surface area contributed by atoms with Crippen LogP contribution in [0, 0.1) is 6.92 Å². The quantitative estimate of drug-likeness (QED) is 0.525. The second-order valence-electron chi connectivity index (χ2n) is 8.10. The SMILES string of the molecule is Cc1ccc(-c2nc(N)nc3c(Cc4cccc(CN5CCN(C)CC5)n4)cnn23)o1. The fourth-order valence-electron chi connectivity index (χ4n) is 3.92. The number of anilines is 1. The van der Waals surface area contributed by atoms with Gasteiger partial charge in [0.2, 0.25) is 11.8 Å². The molecule has 0 amide bonds. The first-order valence-corrected chi connectivity index (χ1v) is 10.5. The molecule has 0 saturated carbocycles. The molecular weight excluding hydrogens is 392 g/mol. The highest BCUT2D eigenvalue weighted by Gasteiger charge is 2.17.